The summed E-state index contributed by atoms with van der Waals surface area (Å²) in [7, 11) is 0. The molecular formula is C13H13Cl2NO. The number of rotatable bonds is 3. The van der Waals surface area contributed by atoms with E-state index < -0.39 is 0 Å². The first-order valence-electron chi connectivity index (χ1n) is 5.74. The fourth-order valence-electron chi connectivity index (χ4n) is 2.50. The Balaban J connectivity index is 2.34. The van der Waals surface area contributed by atoms with E-state index in [4.69, 9.17) is 23.2 Å². The van der Waals surface area contributed by atoms with E-state index in [1.165, 1.54) is 12.8 Å². The maximum Gasteiger partial charge on any atom is 0.235 e. The number of carbonyl (C=O) groups excluding carboxylic acids is 1. The van der Waals surface area contributed by atoms with Crippen LogP contribution in [0.4, 0.5) is 0 Å². The lowest BCUT2D eigenvalue weighted by Crippen LogP contribution is -2.08. The van der Waals surface area contributed by atoms with E-state index in [0.29, 0.717) is 16.0 Å². The zero-order valence-electron chi connectivity index (χ0n) is 9.33. The van der Waals surface area contributed by atoms with Crippen molar-refractivity contribution in [2.45, 2.75) is 31.7 Å². The van der Waals surface area contributed by atoms with Crippen LogP contribution in [0.2, 0.25) is 10.0 Å². The largest absolute Gasteiger partial charge is 0.235 e. The van der Waals surface area contributed by atoms with Crippen molar-refractivity contribution in [3.8, 4) is 0 Å². The third kappa shape index (κ3) is 2.90. The van der Waals surface area contributed by atoms with Crippen molar-refractivity contribution >= 4 is 29.3 Å². The third-order valence-electron chi connectivity index (χ3n) is 3.32. The minimum atomic E-state index is -0.167. The fraction of sp³-hybridized carbons (Fsp3) is 0.462. The summed E-state index contributed by atoms with van der Waals surface area (Å²) in [4.78, 5) is 14.5. The summed E-state index contributed by atoms with van der Waals surface area (Å²) in [6.07, 6.45) is 6.24. The van der Waals surface area contributed by atoms with Crippen LogP contribution >= 0.6 is 23.2 Å². The molecule has 1 aliphatic carbocycles. The Labute approximate surface area is 111 Å². The zero-order chi connectivity index (χ0) is 12.3. The Morgan fingerprint density at radius 2 is 2.00 bits per heavy atom. The van der Waals surface area contributed by atoms with Gasteiger partial charge in [0.25, 0.3) is 0 Å². The monoisotopic (exact) mass is 269 g/mol. The summed E-state index contributed by atoms with van der Waals surface area (Å²) in [5.74, 6) is 0.398. The summed E-state index contributed by atoms with van der Waals surface area (Å²) in [5.41, 5.74) is 0.881. The summed E-state index contributed by atoms with van der Waals surface area (Å²) < 4.78 is 0. The van der Waals surface area contributed by atoms with Crippen molar-refractivity contribution in [3.05, 3.63) is 33.8 Å². The van der Waals surface area contributed by atoms with Crippen LogP contribution in [-0.2, 0) is 4.79 Å². The minimum absolute atomic E-state index is 0.167. The van der Waals surface area contributed by atoms with E-state index in [2.05, 4.69) is 4.99 Å². The Hall–Kier alpha value is -0.820. The van der Waals surface area contributed by atoms with E-state index in [1.54, 1.807) is 18.2 Å². The Kier molecular flexibility index (Phi) is 4.22. The van der Waals surface area contributed by atoms with E-state index in [-0.39, 0.29) is 6.04 Å². The molecule has 1 atom stereocenters. The quantitative estimate of drug-likeness (QED) is 0.584. The van der Waals surface area contributed by atoms with Gasteiger partial charge in [0.15, 0.2) is 0 Å². The molecule has 0 spiro atoms. The Morgan fingerprint density at radius 3 is 2.59 bits per heavy atom. The van der Waals surface area contributed by atoms with Crippen LogP contribution in [0.3, 0.4) is 0 Å². The highest BCUT2D eigenvalue weighted by Crippen LogP contribution is 2.40. The molecule has 0 aliphatic heterocycles. The maximum absolute atomic E-state index is 10.6. The number of hydrogen-bond donors (Lipinski definition) is 0. The number of nitrogens with zero attached hydrogens (tertiary/aromatic N) is 1. The van der Waals surface area contributed by atoms with Crippen molar-refractivity contribution < 1.29 is 4.79 Å². The van der Waals surface area contributed by atoms with Gasteiger partial charge in [0.05, 0.1) is 6.04 Å². The Morgan fingerprint density at radius 1 is 1.29 bits per heavy atom. The number of halogens is 2. The van der Waals surface area contributed by atoms with Crippen molar-refractivity contribution in [2.24, 2.45) is 10.9 Å². The molecule has 2 nitrogen and oxygen atoms in total. The van der Waals surface area contributed by atoms with Crippen LogP contribution in [-0.4, -0.2) is 6.08 Å². The van der Waals surface area contributed by atoms with Gasteiger partial charge in [0.1, 0.15) is 0 Å². The molecule has 0 heterocycles. The molecule has 1 fully saturated rings. The third-order valence-corrected chi connectivity index (χ3v) is 3.88. The standard InChI is InChI=1S/C13H13Cl2NO/c14-10-5-6-11(12(15)7-10)13(16-8-17)9-3-1-2-4-9/h5-7,9,13H,1-4H2. The van der Waals surface area contributed by atoms with E-state index in [0.717, 1.165) is 18.4 Å². The van der Waals surface area contributed by atoms with Gasteiger partial charge in [-0.05, 0) is 36.5 Å². The SMILES string of the molecule is O=C=NC(c1ccc(Cl)cc1Cl)C1CCCC1. The highest BCUT2D eigenvalue weighted by molar-refractivity contribution is 6.35. The average molecular weight is 270 g/mol. The molecule has 0 aromatic heterocycles. The molecule has 0 bridgehead atoms. The fourth-order valence-corrected chi connectivity index (χ4v) is 3.02. The van der Waals surface area contributed by atoms with Crippen LogP contribution in [0.15, 0.2) is 23.2 Å². The summed E-state index contributed by atoms with van der Waals surface area (Å²) in [6.45, 7) is 0. The van der Waals surface area contributed by atoms with Gasteiger partial charge < -0.3 is 0 Å². The van der Waals surface area contributed by atoms with Gasteiger partial charge in [0, 0.05) is 10.0 Å². The highest BCUT2D eigenvalue weighted by Gasteiger charge is 2.27. The molecule has 1 saturated carbocycles. The van der Waals surface area contributed by atoms with Crippen LogP contribution in [0, 0.1) is 5.92 Å². The smallest absolute Gasteiger partial charge is 0.211 e. The van der Waals surface area contributed by atoms with Crippen LogP contribution in [0.1, 0.15) is 37.3 Å². The molecule has 2 rings (SSSR count). The number of benzene rings is 1. The minimum Gasteiger partial charge on any atom is -0.211 e. The summed E-state index contributed by atoms with van der Waals surface area (Å²) >= 11 is 12.0. The normalized spacial score (nSPS) is 17.8. The Bertz CT molecular complexity index is 449. The molecule has 1 aliphatic rings. The second-order valence-corrected chi connectivity index (χ2v) is 5.22. The maximum atomic E-state index is 10.6. The zero-order valence-corrected chi connectivity index (χ0v) is 10.8. The second kappa shape index (κ2) is 5.68. The van der Waals surface area contributed by atoms with Gasteiger partial charge >= 0.3 is 0 Å². The molecule has 0 N–H and O–H groups in total. The van der Waals surface area contributed by atoms with Gasteiger partial charge in [-0.2, -0.15) is 4.99 Å². The van der Waals surface area contributed by atoms with E-state index in [1.807, 2.05) is 6.07 Å². The first kappa shape index (κ1) is 12.6. The van der Waals surface area contributed by atoms with Crippen molar-refractivity contribution in [1.82, 2.24) is 0 Å². The van der Waals surface area contributed by atoms with Gasteiger partial charge in [-0.15, -0.1) is 0 Å². The number of hydrogen-bond acceptors (Lipinski definition) is 2. The topological polar surface area (TPSA) is 29.4 Å². The predicted octanol–water partition coefficient (Wildman–Crippen LogP) is 4.56. The number of aliphatic imine (C=N–C) groups is 1. The molecular weight excluding hydrogens is 257 g/mol. The van der Waals surface area contributed by atoms with Gasteiger partial charge in [-0.3, -0.25) is 0 Å². The molecule has 1 unspecified atom stereocenters. The van der Waals surface area contributed by atoms with Crippen molar-refractivity contribution in [2.75, 3.05) is 0 Å². The molecule has 1 aromatic rings. The van der Waals surface area contributed by atoms with Crippen LogP contribution in [0.5, 0.6) is 0 Å². The van der Waals surface area contributed by atoms with Crippen molar-refractivity contribution in [3.63, 3.8) is 0 Å². The second-order valence-electron chi connectivity index (χ2n) is 4.38. The summed E-state index contributed by atoms with van der Waals surface area (Å²) in [6, 6.07) is 5.17. The van der Waals surface area contributed by atoms with E-state index in [9.17, 15) is 4.79 Å². The molecule has 90 valence electrons. The molecule has 1 aromatic carbocycles. The molecule has 17 heavy (non-hydrogen) atoms. The first-order chi connectivity index (χ1) is 8.22. The lowest BCUT2D eigenvalue weighted by atomic mass is 9.92. The van der Waals surface area contributed by atoms with Crippen LogP contribution in [0.25, 0.3) is 0 Å². The first-order valence-corrected chi connectivity index (χ1v) is 6.50. The summed E-state index contributed by atoms with van der Waals surface area (Å²) in [5, 5.41) is 1.17. The molecule has 0 radical (unpaired) electrons. The van der Waals surface area contributed by atoms with Gasteiger partial charge in [-0.1, -0.05) is 42.1 Å². The van der Waals surface area contributed by atoms with Crippen molar-refractivity contribution in [1.29, 1.82) is 0 Å². The van der Waals surface area contributed by atoms with Gasteiger partial charge in [0.2, 0.25) is 6.08 Å². The highest BCUT2D eigenvalue weighted by atomic mass is 35.5. The van der Waals surface area contributed by atoms with E-state index >= 15 is 0 Å². The molecule has 0 amide bonds. The lowest BCUT2D eigenvalue weighted by Gasteiger charge is -2.19. The van der Waals surface area contributed by atoms with Crippen LogP contribution < -0.4 is 0 Å². The predicted molar refractivity (Wildman–Crippen MR) is 69.3 cm³/mol. The molecule has 0 saturated heterocycles. The molecule has 4 heteroatoms. The number of isocyanates is 1. The van der Waals surface area contributed by atoms with Gasteiger partial charge in [-0.25, -0.2) is 4.79 Å². The lowest BCUT2D eigenvalue weighted by molar-refractivity contribution is 0.442. The average Bonchev–Trinajstić information content (AvgIpc) is 2.80.